The minimum atomic E-state index is -1.54. The summed E-state index contributed by atoms with van der Waals surface area (Å²) in [6.45, 7) is 4.70. The van der Waals surface area contributed by atoms with E-state index in [0.717, 1.165) is 5.56 Å². The molecule has 3 rings (SSSR count). The molecule has 25 heavy (non-hydrogen) atoms. The van der Waals surface area contributed by atoms with E-state index in [2.05, 4.69) is 18.8 Å². The van der Waals surface area contributed by atoms with Gasteiger partial charge in [-0.25, -0.2) is 14.6 Å². The Hall–Kier alpha value is -2.45. The molecule has 1 saturated heterocycles. The van der Waals surface area contributed by atoms with Crippen LogP contribution in [0.25, 0.3) is 0 Å². The Labute approximate surface area is 144 Å². The first-order chi connectivity index (χ1) is 11.9. The van der Waals surface area contributed by atoms with Crippen LogP contribution in [0, 0.1) is 5.92 Å². The van der Waals surface area contributed by atoms with Crippen LogP contribution < -0.4 is 0 Å². The molecule has 2 unspecified atom stereocenters. The molecule has 2 aliphatic rings. The molecule has 0 aliphatic carbocycles. The van der Waals surface area contributed by atoms with Crippen molar-refractivity contribution < 1.29 is 34.0 Å². The number of carboxylic acids is 2. The zero-order chi connectivity index (χ0) is 18.1. The molecule has 2 aliphatic heterocycles. The lowest BCUT2D eigenvalue weighted by Crippen LogP contribution is -2.36. The molecule has 0 amide bonds. The van der Waals surface area contributed by atoms with Crippen LogP contribution in [0.2, 0.25) is 0 Å². The van der Waals surface area contributed by atoms with Crippen molar-refractivity contribution in [2.24, 2.45) is 10.9 Å². The van der Waals surface area contributed by atoms with Gasteiger partial charge in [0.2, 0.25) is 5.90 Å². The maximum atomic E-state index is 11.1. The predicted molar refractivity (Wildman–Crippen MR) is 85.3 cm³/mol. The van der Waals surface area contributed by atoms with Crippen LogP contribution in [-0.4, -0.2) is 52.9 Å². The van der Waals surface area contributed by atoms with Crippen LogP contribution >= 0.6 is 0 Å². The first kappa shape index (κ1) is 17.4. The normalized spacial score (nSPS) is 28.7. The Balaban J connectivity index is 1.74. The van der Waals surface area contributed by atoms with E-state index in [0.29, 0.717) is 24.0 Å². The number of nitrogens with zero attached hydrogens (tertiary/aromatic N) is 1. The van der Waals surface area contributed by atoms with Crippen LogP contribution in [0.4, 0.5) is 0 Å². The molecule has 8 heteroatoms. The summed E-state index contributed by atoms with van der Waals surface area (Å²) in [4.78, 5) is 26.7. The Morgan fingerprint density at radius 1 is 1.08 bits per heavy atom. The highest BCUT2D eigenvalue weighted by Gasteiger charge is 2.46. The smallest absolute Gasteiger partial charge is 0.336 e. The number of hydrogen-bond acceptors (Lipinski definition) is 6. The summed E-state index contributed by atoms with van der Waals surface area (Å²) in [5.41, 5.74) is 1.31. The largest absolute Gasteiger partial charge is 0.479 e. The number of rotatable bonds is 5. The van der Waals surface area contributed by atoms with Gasteiger partial charge in [-0.3, -0.25) is 0 Å². The summed E-state index contributed by atoms with van der Waals surface area (Å²) < 4.78 is 16.1. The number of ether oxygens (including phenoxy) is 3. The number of hydrogen-bond donors (Lipinski definition) is 2. The van der Waals surface area contributed by atoms with Gasteiger partial charge in [-0.05, 0) is 18.1 Å². The van der Waals surface area contributed by atoms with Gasteiger partial charge in [0.15, 0.2) is 18.5 Å². The van der Waals surface area contributed by atoms with Crippen molar-refractivity contribution in [3.8, 4) is 0 Å². The lowest BCUT2D eigenvalue weighted by Gasteiger charge is -2.10. The summed E-state index contributed by atoms with van der Waals surface area (Å²) in [5.74, 6) is -1.80. The lowest BCUT2D eigenvalue weighted by atomic mass is 10.1. The number of carbonyl (C=O) groups is 2. The monoisotopic (exact) mass is 349 g/mol. The molecule has 0 aromatic heterocycles. The zero-order valence-corrected chi connectivity index (χ0v) is 13.8. The summed E-state index contributed by atoms with van der Waals surface area (Å²) in [6.07, 6.45) is -4.14. The molecule has 0 bridgehead atoms. The van der Waals surface area contributed by atoms with Gasteiger partial charge in [0.1, 0.15) is 6.61 Å². The van der Waals surface area contributed by atoms with Crippen LogP contribution in [0.15, 0.2) is 29.3 Å². The van der Waals surface area contributed by atoms with Crippen molar-refractivity contribution in [2.75, 3.05) is 6.61 Å². The molecule has 8 nitrogen and oxygen atoms in total. The summed E-state index contributed by atoms with van der Waals surface area (Å²) in [5, 5.41) is 18.1. The topological polar surface area (TPSA) is 115 Å². The molecular weight excluding hydrogens is 330 g/mol. The predicted octanol–water partition coefficient (Wildman–Crippen LogP) is 1.44. The van der Waals surface area contributed by atoms with E-state index in [1.54, 1.807) is 24.3 Å². The molecule has 1 aromatic rings. The van der Waals surface area contributed by atoms with E-state index in [9.17, 15) is 9.59 Å². The van der Waals surface area contributed by atoms with Gasteiger partial charge in [-0.2, -0.15) is 0 Å². The van der Waals surface area contributed by atoms with Gasteiger partial charge in [0.05, 0.1) is 6.04 Å². The molecule has 134 valence electrons. The fourth-order valence-electron chi connectivity index (χ4n) is 2.65. The van der Waals surface area contributed by atoms with Gasteiger partial charge < -0.3 is 24.4 Å². The molecule has 1 fully saturated rings. The number of benzene rings is 1. The Bertz CT molecular complexity index is 675. The zero-order valence-electron chi connectivity index (χ0n) is 13.8. The number of carboxylic acid groups (broad SMARTS) is 2. The first-order valence-electron chi connectivity index (χ1n) is 7.94. The van der Waals surface area contributed by atoms with E-state index in [4.69, 9.17) is 24.4 Å². The van der Waals surface area contributed by atoms with Gasteiger partial charge >= 0.3 is 11.9 Å². The van der Waals surface area contributed by atoms with Gasteiger partial charge in [0.25, 0.3) is 0 Å². The molecule has 0 spiro atoms. The van der Waals surface area contributed by atoms with Crippen LogP contribution in [0.3, 0.4) is 0 Å². The van der Waals surface area contributed by atoms with E-state index >= 15 is 0 Å². The van der Waals surface area contributed by atoms with Crippen LogP contribution in [0.5, 0.6) is 0 Å². The number of aliphatic imine (C=N–C) groups is 1. The maximum absolute atomic E-state index is 11.1. The Morgan fingerprint density at radius 3 is 2.08 bits per heavy atom. The molecule has 2 heterocycles. The first-order valence-corrected chi connectivity index (χ1v) is 7.94. The second-order valence-corrected chi connectivity index (χ2v) is 6.30. The Kier molecular flexibility index (Phi) is 4.73. The van der Waals surface area contributed by atoms with Gasteiger partial charge in [-0.15, -0.1) is 0 Å². The minimum Gasteiger partial charge on any atom is -0.479 e. The fourth-order valence-corrected chi connectivity index (χ4v) is 2.65. The molecule has 0 saturated carbocycles. The van der Waals surface area contributed by atoms with Crippen molar-refractivity contribution >= 4 is 17.8 Å². The van der Waals surface area contributed by atoms with Gasteiger partial charge in [0, 0.05) is 11.1 Å². The third-order valence-electron chi connectivity index (χ3n) is 4.18. The quantitative estimate of drug-likeness (QED) is 0.826. The van der Waals surface area contributed by atoms with Crippen molar-refractivity contribution in [3.05, 3.63) is 35.4 Å². The number of aliphatic carboxylic acids is 2. The van der Waals surface area contributed by atoms with E-state index in [-0.39, 0.29) is 6.04 Å². The average Bonchev–Trinajstić information content (AvgIpc) is 3.22. The minimum absolute atomic E-state index is 0.129. The van der Waals surface area contributed by atoms with Crippen LogP contribution in [0.1, 0.15) is 31.3 Å². The van der Waals surface area contributed by atoms with Crippen molar-refractivity contribution in [1.29, 1.82) is 0 Å². The van der Waals surface area contributed by atoms with Crippen LogP contribution in [-0.2, 0) is 23.8 Å². The summed E-state index contributed by atoms with van der Waals surface area (Å²) in [6, 6.07) is 7.00. The molecule has 0 radical (unpaired) electrons. The van der Waals surface area contributed by atoms with Crippen molar-refractivity contribution in [3.63, 3.8) is 0 Å². The highest BCUT2D eigenvalue weighted by Crippen LogP contribution is 2.32. The third kappa shape index (κ3) is 3.49. The Morgan fingerprint density at radius 2 is 1.64 bits per heavy atom. The lowest BCUT2D eigenvalue weighted by molar-refractivity contribution is -0.156. The SMILES string of the molecule is CC(C)[C@H]1COC(c2ccc(C3OC(C(=O)O)C(C(=O)O)O3)cc2)=N1. The molecule has 3 atom stereocenters. The standard InChI is InChI=1S/C17H19NO7/c1-8(2)11-7-23-14(18-11)9-3-5-10(6-4-9)17-24-12(15(19)20)13(25-17)16(21)22/h3-6,8,11-13,17H,7H2,1-2H3,(H,19,20)(H,21,22)/t11-,12?,13?,17?/m1/s1. The third-order valence-corrected chi connectivity index (χ3v) is 4.18. The molecule has 1 aromatic carbocycles. The second-order valence-electron chi connectivity index (χ2n) is 6.30. The summed E-state index contributed by atoms with van der Waals surface area (Å²) >= 11 is 0. The summed E-state index contributed by atoms with van der Waals surface area (Å²) in [7, 11) is 0. The second kappa shape index (κ2) is 6.81. The van der Waals surface area contributed by atoms with E-state index in [1.807, 2.05) is 0 Å². The highest BCUT2D eigenvalue weighted by atomic mass is 16.7. The fraction of sp³-hybridized carbons (Fsp3) is 0.471. The van der Waals surface area contributed by atoms with Crippen molar-refractivity contribution in [1.82, 2.24) is 0 Å². The molecule has 2 N–H and O–H groups in total. The van der Waals surface area contributed by atoms with E-state index < -0.39 is 30.4 Å². The average molecular weight is 349 g/mol. The maximum Gasteiger partial charge on any atom is 0.336 e. The van der Waals surface area contributed by atoms with E-state index in [1.165, 1.54) is 0 Å². The highest BCUT2D eigenvalue weighted by molar-refractivity contribution is 5.95. The van der Waals surface area contributed by atoms with Gasteiger partial charge in [-0.1, -0.05) is 26.0 Å². The molecular formula is C17H19NO7. The van der Waals surface area contributed by atoms with Crippen molar-refractivity contribution in [2.45, 2.75) is 38.4 Å².